The monoisotopic (exact) mass is 387 g/mol. The van der Waals surface area contributed by atoms with Crippen molar-refractivity contribution in [3.63, 3.8) is 0 Å². The topological polar surface area (TPSA) is 37.8 Å². The lowest BCUT2D eigenvalue weighted by Gasteiger charge is -2.11. The number of rotatable bonds is 4. The smallest absolute Gasteiger partial charge is 0.227 e. The normalized spacial score (nSPS) is 10.3. The Bertz CT molecular complexity index is 712. The van der Waals surface area contributed by atoms with E-state index in [0.29, 0.717) is 5.95 Å². The highest BCUT2D eigenvalue weighted by Crippen LogP contribution is 2.21. The molecular formula is C17H14IN3. The van der Waals surface area contributed by atoms with Crippen LogP contribution in [0.2, 0.25) is 0 Å². The van der Waals surface area contributed by atoms with E-state index < -0.39 is 0 Å². The molecule has 0 aliphatic carbocycles. The first-order chi connectivity index (χ1) is 10.3. The van der Waals surface area contributed by atoms with Crippen molar-refractivity contribution in [3.05, 3.63) is 81.7 Å². The zero-order valence-electron chi connectivity index (χ0n) is 11.3. The van der Waals surface area contributed by atoms with Crippen LogP contribution in [-0.2, 0) is 6.42 Å². The number of aromatic nitrogens is 2. The molecule has 3 rings (SSSR count). The minimum Gasteiger partial charge on any atom is -0.324 e. The summed E-state index contributed by atoms with van der Waals surface area (Å²) in [4.78, 5) is 8.58. The molecule has 0 spiro atoms. The fraction of sp³-hybridized carbons (Fsp3) is 0.0588. The van der Waals surface area contributed by atoms with Crippen molar-refractivity contribution in [2.45, 2.75) is 6.42 Å². The van der Waals surface area contributed by atoms with E-state index in [9.17, 15) is 0 Å². The van der Waals surface area contributed by atoms with Crippen molar-refractivity contribution in [1.29, 1.82) is 0 Å². The fourth-order valence-electron chi connectivity index (χ4n) is 2.11. The molecule has 3 nitrogen and oxygen atoms in total. The second kappa shape index (κ2) is 6.67. The lowest BCUT2D eigenvalue weighted by molar-refractivity contribution is 1.13. The minimum atomic E-state index is 0.621. The third kappa shape index (κ3) is 3.78. The predicted molar refractivity (Wildman–Crippen MR) is 93.7 cm³/mol. The van der Waals surface area contributed by atoms with Crippen LogP contribution in [0.25, 0.3) is 0 Å². The SMILES string of the molecule is Ic1cnc(Nc2ccccc2Cc2ccccc2)nc1. The number of benzene rings is 2. The van der Waals surface area contributed by atoms with E-state index in [1.54, 1.807) is 12.4 Å². The van der Waals surface area contributed by atoms with Gasteiger partial charge in [-0.2, -0.15) is 0 Å². The second-order valence-corrected chi connectivity index (χ2v) is 5.92. The lowest BCUT2D eigenvalue weighted by Crippen LogP contribution is -2.00. The Morgan fingerprint density at radius 1 is 0.857 bits per heavy atom. The van der Waals surface area contributed by atoms with E-state index in [4.69, 9.17) is 0 Å². The molecule has 104 valence electrons. The number of hydrogen-bond acceptors (Lipinski definition) is 3. The van der Waals surface area contributed by atoms with Gasteiger partial charge in [-0.15, -0.1) is 0 Å². The molecule has 2 aromatic carbocycles. The van der Waals surface area contributed by atoms with E-state index in [-0.39, 0.29) is 0 Å². The maximum atomic E-state index is 4.29. The molecule has 0 saturated carbocycles. The van der Waals surface area contributed by atoms with Gasteiger partial charge < -0.3 is 5.32 Å². The van der Waals surface area contributed by atoms with Crippen molar-refractivity contribution < 1.29 is 0 Å². The average molecular weight is 387 g/mol. The highest BCUT2D eigenvalue weighted by Gasteiger charge is 2.04. The summed E-state index contributed by atoms with van der Waals surface area (Å²) in [6.45, 7) is 0. The van der Waals surface area contributed by atoms with E-state index in [0.717, 1.165) is 15.7 Å². The molecule has 1 aromatic heterocycles. The standard InChI is InChI=1S/C17H14IN3/c18-15-11-19-17(20-12-15)21-16-9-5-4-8-14(16)10-13-6-2-1-3-7-13/h1-9,11-12H,10H2,(H,19,20,21). The van der Waals surface area contributed by atoms with E-state index >= 15 is 0 Å². The summed E-state index contributed by atoms with van der Waals surface area (Å²) < 4.78 is 1.02. The van der Waals surface area contributed by atoms with Crippen molar-refractivity contribution >= 4 is 34.2 Å². The molecule has 0 bridgehead atoms. The van der Waals surface area contributed by atoms with Gasteiger partial charge in [0.1, 0.15) is 0 Å². The highest BCUT2D eigenvalue weighted by atomic mass is 127. The molecule has 3 aromatic rings. The van der Waals surface area contributed by atoms with E-state index in [1.165, 1.54) is 11.1 Å². The van der Waals surface area contributed by atoms with Crippen molar-refractivity contribution in [3.8, 4) is 0 Å². The quantitative estimate of drug-likeness (QED) is 0.674. The summed E-state index contributed by atoms with van der Waals surface area (Å²) in [6, 6.07) is 18.7. The third-order valence-electron chi connectivity index (χ3n) is 3.12. The van der Waals surface area contributed by atoms with Gasteiger partial charge in [0.15, 0.2) is 0 Å². The Hall–Kier alpha value is -1.95. The molecule has 0 fully saturated rings. The molecule has 1 N–H and O–H groups in total. The van der Waals surface area contributed by atoms with E-state index in [1.807, 2.05) is 12.1 Å². The molecule has 0 aliphatic heterocycles. The Labute approximate surface area is 137 Å². The maximum Gasteiger partial charge on any atom is 0.227 e. The predicted octanol–water partition coefficient (Wildman–Crippen LogP) is 4.42. The van der Waals surface area contributed by atoms with Gasteiger partial charge in [-0.05, 0) is 46.2 Å². The Morgan fingerprint density at radius 2 is 1.52 bits per heavy atom. The van der Waals surface area contributed by atoms with Crippen molar-refractivity contribution in [1.82, 2.24) is 9.97 Å². The fourth-order valence-corrected chi connectivity index (χ4v) is 2.39. The van der Waals surface area contributed by atoms with Crippen LogP contribution in [0.3, 0.4) is 0 Å². The summed E-state index contributed by atoms with van der Waals surface area (Å²) >= 11 is 2.20. The number of anilines is 2. The zero-order chi connectivity index (χ0) is 14.5. The maximum absolute atomic E-state index is 4.29. The van der Waals surface area contributed by atoms with Crippen LogP contribution in [0.5, 0.6) is 0 Å². The molecule has 21 heavy (non-hydrogen) atoms. The highest BCUT2D eigenvalue weighted by molar-refractivity contribution is 14.1. The first-order valence-electron chi connectivity index (χ1n) is 6.68. The van der Waals surface area contributed by atoms with Gasteiger partial charge >= 0.3 is 0 Å². The first-order valence-corrected chi connectivity index (χ1v) is 7.75. The second-order valence-electron chi connectivity index (χ2n) is 4.67. The molecule has 0 atom stereocenters. The minimum absolute atomic E-state index is 0.621. The number of hydrogen-bond donors (Lipinski definition) is 1. The number of nitrogens with zero attached hydrogens (tertiary/aromatic N) is 2. The average Bonchev–Trinajstić information content (AvgIpc) is 2.52. The number of para-hydroxylation sites is 1. The summed E-state index contributed by atoms with van der Waals surface area (Å²) in [5, 5.41) is 3.29. The molecule has 0 amide bonds. The number of halogens is 1. The lowest BCUT2D eigenvalue weighted by atomic mass is 10.0. The van der Waals surface area contributed by atoms with Gasteiger partial charge in [-0.25, -0.2) is 9.97 Å². The summed E-state index contributed by atoms with van der Waals surface area (Å²) in [6.07, 6.45) is 4.49. The zero-order valence-corrected chi connectivity index (χ0v) is 13.5. The molecule has 0 radical (unpaired) electrons. The van der Waals surface area contributed by atoms with Gasteiger partial charge in [-0.1, -0.05) is 48.5 Å². The van der Waals surface area contributed by atoms with Crippen LogP contribution in [0.4, 0.5) is 11.6 Å². The van der Waals surface area contributed by atoms with Crippen molar-refractivity contribution in [2.24, 2.45) is 0 Å². The summed E-state index contributed by atoms with van der Waals surface area (Å²) in [5.74, 6) is 0.621. The van der Waals surface area contributed by atoms with Crippen LogP contribution in [0, 0.1) is 3.57 Å². The number of nitrogens with one attached hydrogen (secondary N) is 1. The molecule has 0 unspecified atom stereocenters. The Balaban J connectivity index is 1.84. The largest absolute Gasteiger partial charge is 0.324 e. The summed E-state index contributed by atoms with van der Waals surface area (Å²) in [7, 11) is 0. The molecular weight excluding hydrogens is 373 g/mol. The molecule has 1 heterocycles. The van der Waals surface area contributed by atoms with Gasteiger partial charge in [-0.3, -0.25) is 0 Å². The van der Waals surface area contributed by atoms with Crippen LogP contribution >= 0.6 is 22.6 Å². The Morgan fingerprint density at radius 3 is 2.29 bits per heavy atom. The van der Waals surface area contributed by atoms with Gasteiger partial charge in [0.25, 0.3) is 0 Å². The van der Waals surface area contributed by atoms with Crippen molar-refractivity contribution in [2.75, 3.05) is 5.32 Å². The van der Waals surface area contributed by atoms with Gasteiger partial charge in [0.05, 0.1) is 0 Å². The van der Waals surface area contributed by atoms with Crippen LogP contribution in [0.1, 0.15) is 11.1 Å². The van der Waals surface area contributed by atoms with Gasteiger partial charge in [0, 0.05) is 21.7 Å². The first kappa shape index (κ1) is 14.0. The molecule has 0 saturated heterocycles. The molecule has 0 aliphatic rings. The van der Waals surface area contributed by atoms with Gasteiger partial charge in [0.2, 0.25) is 5.95 Å². The molecule has 4 heteroatoms. The van der Waals surface area contributed by atoms with Crippen LogP contribution in [-0.4, -0.2) is 9.97 Å². The summed E-state index contributed by atoms with van der Waals surface area (Å²) in [5.41, 5.74) is 3.56. The van der Waals surface area contributed by atoms with E-state index in [2.05, 4.69) is 80.3 Å². The van der Waals surface area contributed by atoms with Crippen LogP contribution in [0.15, 0.2) is 67.0 Å². The Kier molecular flexibility index (Phi) is 4.45. The van der Waals surface area contributed by atoms with Crippen LogP contribution < -0.4 is 5.32 Å². The third-order valence-corrected chi connectivity index (χ3v) is 3.68.